The van der Waals surface area contributed by atoms with Gasteiger partial charge in [0.25, 0.3) is 0 Å². The molecule has 0 nitrogen and oxygen atoms in total. The van der Waals surface area contributed by atoms with Crippen LogP contribution in [0.3, 0.4) is 0 Å². The van der Waals surface area contributed by atoms with Gasteiger partial charge in [0.1, 0.15) is 0 Å². The van der Waals surface area contributed by atoms with Gasteiger partial charge in [-0.2, -0.15) is 0 Å². The summed E-state index contributed by atoms with van der Waals surface area (Å²) >= 11 is 0. The standard InChI is InChI=1S/C14H20/c1-7-8-9-12(4)14(6)10-13(5)11(2)3/h7-10H,1-2H2,3-6H3/b9-8-,13-10+,14-12+. The van der Waals surface area contributed by atoms with E-state index in [-0.39, 0.29) is 0 Å². The van der Waals surface area contributed by atoms with Gasteiger partial charge in [-0.15, -0.1) is 0 Å². The molecule has 0 saturated carbocycles. The zero-order valence-electron chi connectivity index (χ0n) is 9.72. The Morgan fingerprint density at radius 3 is 2.00 bits per heavy atom. The summed E-state index contributed by atoms with van der Waals surface area (Å²) in [5, 5.41) is 0. The molecule has 76 valence electrons. The zero-order chi connectivity index (χ0) is 11.1. The van der Waals surface area contributed by atoms with Crippen LogP contribution in [0.4, 0.5) is 0 Å². The third-order valence-corrected chi connectivity index (χ3v) is 2.21. The van der Waals surface area contributed by atoms with Gasteiger partial charge in [-0.3, -0.25) is 0 Å². The molecule has 0 radical (unpaired) electrons. The fraction of sp³-hybridized carbons (Fsp3) is 0.286. The minimum Gasteiger partial charge on any atom is -0.0991 e. The van der Waals surface area contributed by atoms with E-state index in [1.807, 2.05) is 13.0 Å². The van der Waals surface area contributed by atoms with E-state index < -0.39 is 0 Å². The first-order valence-electron chi connectivity index (χ1n) is 4.79. The molecular formula is C14H20. The monoisotopic (exact) mass is 188 g/mol. The Morgan fingerprint density at radius 1 is 1.00 bits per heavy atom. The summed E-state index contributed by atoms with van der Waals surface area (Å²) in [5.41, 5.74) is 4.87. The van der Waals surface area contributed by atoms with Crippen LogP contribution in [0.5, 0.6) is 0 Å². The molecule has 0 unspecified atom stereocenters. The van der Waals surface area contributed by atoms with Crippen LogP contribution in [-0.4, -0.2) is 0 Å². The SMILES string of the molecule is C=C\C=C/C(C)=C(C)/C=C(\C)C(=C)C. The molecular weight excluding hydrogens is 168 g/mol. The number of rotatable bonds is 4. The molecule has 0 rings (SSSR count). The van der Waals surface area contributed by atoms with Crippen LogP contribution < -0.4 is 0 Å². The molecule has 0 N–H and O–H groups in total. The van der Waals surface area contributed by atoms with Crippen molar-refractivity contribution >= 4 is 0 Å². The average Bonchev–Trinajstić information content (AvgIpc) is 2.13. The Hall–Kier alpha value is -1.30. The highest BCUT2D eigenvalue weighted by Gasteiger charge is 1.92. The summed E-state index contributed by atoms with van der Waals surface area (Å²) in [7, 11) is 0. The van der Waals surface area contributed by atoms with Crippen molar-refractivity contribution in [2.45, 2.75) is 27.7 Å². The van der Waals surface area contributed by atoms with E-state index >= 15 is 0 Å². The summed E-state index contributed by atoms with van der Waals surface area (Å²) in [6.45, 7) is 15.8. The molecule has 0 aromatic carbocycles. The van der Waals surface area contributed by atoms with Crippen molar-refractivity contribution in [2.75, 3.05) is 0 Å². The molecule has 0 fully saturated rings. The molecule has 0 saturated heterocycles. The Bertz CT molecular complexity index is 309. The third-order valence-electron chi connectivity index (χ3n) is 2.21. The van der Waals surface area contributed by atoms with Crippen molar-refractivity contribution in [3.63, 3.8) is 0 Å². The Balaban J connectivity index is 4.83. The van der Waals surface area contributed by atoms with E-state index in [0.29, 0.717) is 0 Å². The molecule has 0 amide bonds. The number of hydrogen-bond donors (Lipinski definition) is 0. The van der Waals surface area contributed by atoms with Crippen LogP contribution in [-0.2, 0) is 0 Å². The van der Waals surface area contributed by atoms with Crippen LogP contribution in [0.15, 0.2) is 59.8 Å². The highest BCUT2D eigenvalue weighted by Crippen LogP contribution is 2.13. The quantitative estimate of drug-likeness (QED) is 0.566. The van der Waals surface area contributed by atoms with Crippen LogP contribution >= 0.6 is 0 Å². The second kappa shape index (κ2) is 6.20. The van der Waals surface area contributed by atoms with E-state index in [1.165, 1.54) is 16.7 Å². The lowest BCUT2D eigenvalue weighted by Crippen LogP contribution is -1.81. The molecule has 0 aromatic rings. The van der Waals surface area contributed by atoms with Gasteiger partial charge in [0.2, 0.25) is 0 Å². The van der Waals surface area contributed by atoms with Gasteiger partial charge in [-0.05, 0) is 44.4 Å². The van der Waals surface area contributed by atoms with E-state index in [1.54, 1.807) is 6.08 Å². The fourth-order valence-corrected chi connectivity index (χ4v) is 0.906. The maximum Gasteiger partial charge on any atom is -0.0395 e. The molecule has 0 heterocycles. The van der Waals surface area contributed by atoms with Crippen molar-refractivity contribution < 1.29 is 0 Å². The topological polar surface area (TPSA) is 0 Å². The zero-order valence-corrected chi connectivity index (χ0v) is 9.72. The van der Waals surface area contributed by atoms with E-state index in [4.69, 9.17) is 0 Å². The van der Waals surface area contributed by atoms with E-state index in [9.17, 15) is 0 Å². The predicted octanol–water partition coefficient (Wildman–Crippen LogP) is 4.59. The maximum atomic E-state index is 3.90. The van der Waals surface area contributed by atoms with Gasteiger partial charge in [0, 0.05) is 0 Å². The number of allylic oxidation sites excluding steroid dienone is 8. The molecule has 0 atom stereocenters. The van der Waals surface area contributed by atoms with Gasteiger partial charge in [0.15, 0.2) is 0 Å². The van der Waals surface area contributed by atoms with Crippen molar-refractivity contribution in [2.24, 2.45) is 0 Å². The minimum absolute atomic E-state index is 1.12. The van der Waals surface area contributed by atoms with Gasteiger partial charge in [-0.1, -0.05) is 43.0 Å². The molecule has 14 heavy (non-hydrogen) atoms. The third kappa shape index (κ3) is 4.66. The van der Waals surface area contributed by atoms with Crippen molar-refractivity contribution in [3.05, 3.63) is 59.8 Å². The molecule has 0 aliphatic heterocycles. The lowest BCUT2D eigenvalue weighted by atomic mass is 10.0. The van der Waals surface area contributed by atoms with Crippen LogP contribution in [0.25, 0.3) is 0 Å². The Kier molecular flexibility index (Phi) is 5.62. The van der Waals surface area contributed by atoms with Gasteiger partial charge in [-0.25, -0.2) is 0 Å². The summed E-state index contributed by atoms with van der Waals surface area (Å²) in [4.78, 5) is 0. The second-order valence-corrected chi connectivity index (χ2v) is 3.57. The first kappa shape index (κ1) is 12.7. The fourth-order valence-electron chi connectivity index (χ4n) is 0.906. The largest absolute Gasteiger partial charge is 0.0991 e. The van der Waals surface area contributed by atoms with E-state index in [0.717, 1.165) is 5.57 Å². The van der Waals surface area contributed by atoms with Crippen molar-refractivity contribution in [1.82, 2.24) is 0 Å². The van der Waals surface area contributed by atoms with Crippen molar-refractivity contribution in [1.29, 1.82) is 0 Å². The van der Waals surface area contributed by atoms with Gasteiger partial charge >= 0.3 is 0 Å². The average molecular weight is 188 g/mol. The smallest absolute Gasteiger partial charge is 0.0395 e. The Labute approximate surface area is 88.0 Å². The van der Waals surface area contributed by atoms with Crippen LogP contribution in [0.2, 0.25) is 0 Å². The highest BCUT2D eigenvalue weighted by atomic mass is 14.0. The van der Waals surface area contributed by atoms with Crippen molar-refractivity contribution in [3.8, 4) is 0 Å². The van der Waals surface area contributed by atoms with E-state index in [2.05, 4.69) is 46.1 Å². The maximum absolute atomic E-state index is 3.90. The summed E-state index contributed by atoms with van der Waals surface area (Å²) in [5.74, 6) is 0. The molecule has 0 aliphatic rings. The lowest BCUT2D eigenvalue weighted by molar-refractivity contribution is 1.30. The van der Waals surface area contributed by atoms with Gasteiger partial charge in [0.05, 0.1) is 0 Å². The summed E-state index contributed by atoms with van der Waals surface area (Å²) < 4.78 is 0. The first-order valence-corrected chi connectivity index (χ1v) is 4.79. The normalized spacial score (nSPS) is 14.1. The first-order chi connectivity index (χ1) is 6.49. The van der Waals surface area contributed by atoms with Crippen LogP contribution in [0, 0.1) is 0 Å². The molecule has 0 heteroatoms. The molecule has 0 aromatic heterocycles. The minimum atomic E-state index is 1.12. The molecule has 0 aliphatic carbocycles. The molecule has 0 spiro atoms. The lowest BCUT2D eigenvalue weighted by Gasteiger charge is -2.02. The summed E-state index contributed by atoms with van der Waals surface area (Å²) in [6.07, 6.45) is 7.95. The second-order valence-electron chi connectivity index (χ2n) is 3.57. The summed E-state index contributed by atoms with van der Waals surface area (Å²) in [6, 6.07) is 0. The van der Waals surface area contributed by atoms with Crippen LogP contribution in [0.1, 0.15) is 27.7 Å². The molecule has 0 bridgehead atoms. The number of hydrogen-bond acceptors (Lipinski definition) is 0. The van der Waals surface area contributed by atoms with Gasteiger partial charge < -0.3 is 0 Å². The Morgan fingerprint density at radius 2 is 1.57 bits per heavy atom. The highest BCUT2D eigenvalue weighted by molar-refractivity contribution is 5.37. The predicted molar refractivity (Wildman–Crippen MR) is 66.3 cm³/mol.